The van der Waals surface area contributed by atoms with Crippen molar-refractivity contribution < 1.29 is 0 Å². The molecule has 0 spiro atoms. The van der Waals surface area contributed by atoms with Crippen LogP contribution >= 0.6 is 11.3 Å². The van der Waals surface area contributed by atoms with E-state index in [1.54, 1.807) is 0 Å². The van der Waals surface area contributed by atoms with Crippen LogP contribution in [0.3, 0.4) is 0 Å². The van der Waals surface area contributed by atoms with Crippen LogP contribution in [-0.2, 0) is 5.41 Å². The Bertz CT molecular complexity index is 2350. The van der Waals surface area contributed by atoms with Crippen molar-refractivity contribution in [3.8, 4) is 11.1 Å². The lowest BCUT2D eigenvalue weighted by Gasteiger charge is -2.31. The van der Waals surface area contributed by atoms with Gasteiger partial charge in [0.2, 0.25) is 0 Å². The molecular formula is C45H35NS. The lowest BCUT2D eigenvalue weighted by atomic mass is 9.77. The van der Waals surface area contributed by atoms with Crippen molar-refractivity contribution in [3.05, 3.63) is 180 Å². The molecule has 0 aliphatic heterocycles. The zero-order valence-corrected chi connectivity index (χ0v) is 27.5. The molecule has 2 heteroatoms. The topological polar surface area (TPSA) is 3.24 Å². The van der Waals surface area contributed by atoms with E-state index in [1.807, 2.05) is 11.3 Å². The molecular weight excluding hydrogens is 587 g/mol. The zero-order valence-electron chi connectivity index (χ0n) is 26.7. The SMILES string of the molecule is CC1(C)C2=C(CC(c3ccccc3N(c3ccccc3)c3ccc(-c4cccc5sc6ccccc6c45)cc3)C=C2)c2ccccc21. The summed E-state index contributed by atoms with van der Waals surface area (Å²) in [6, 6.07) is 53.4. The van der Waals surface area contributed by atoms with E-state index in [-0.39, 0.29) is 11.3 Å². The Balaban J connectivity index is 1.13. The molecule has 0 amide bonds. The summed E-state index contributed by atoms with van der Waals surface area (Å²) in [5.41, 5.74) is 13.3. The van der Waals surface area contributed by atoms with Crippen molar-refractivity contribution in [2.75, 3.05) is 4.90 Å². The quantitative estimate of drug-likeness (QED) is 0.185. The average molecular weight is 622 g/mol. The van der Waals surface area contributed by atoms with Gasteiger partial charge in [-0.05, 0) is 87.8 Å². The van der Waals surface area contributed by atoms with Crippen LogP contribution in [0.2, 0.25) is 0 Å². The maximum atomic E-state index is 2.45. The van der Waals surface area contributed by atoms with E-state index in [2.05, 4.69) is 176 Å². The fourth-order valence-electron chi connectivity index (χ4n) is 8.02. The standard InChI is InChI=1S/C45H35NS/c1-45(2)39-19-9-6-16-36(39)38-29-31(25-28-40(38)45)34-15-7-10-20-41(34)46(32-13-4-3-5-14-32)33-26-23-30(24-27-33)35-18-12-22-43-44(35)37-17-8-11-21-42(37)47-43/h3-28,31H,29H2,1-2H3. The highest BCUT2D eigenvalue weighted by Gasteiger charge is 2.38. The van der Waals surface area contributed by atoms with Crippen molar-refractivity contribution in [2.24, 2.45) is 0 Å². The van der Waals surface area contributed by atoms with E-state index >= 15 is 0 Å². The van der Waals surface area contributed by atoms with Gasteiger partial charge in [0, 0.05) is 48.6 Å². The smallest absolute Gasteiger partial charge is 0.0499 e. The van der Waals surface area contributed by atoms with Crippen LogP contribution in [0.1, 0.15) is 42.9 Å². The van der Waals surface area contributed by atoms with Gasteiger partial charge in [-0.2, -0.15) is 0 Å². The molecule has 47 heavy (non-hydrogen) atoms. The Kier molecular flexibility index (Phi) is 6.55. The van der Waals surface area contributed by atoms with Gasteiger partial charge in [0.05, 0.1) is 0 Å². The zero-order chi connectivity index (χ0) is 31.5. The van der Waals surface area contributed by atoms with Gasteiger partial charge in [-0.1, -0.05) is 129 Å². The predicted molar refractivity (Wildman–Crippen MR) is 202 cm³/mol. The molecule has 1 atom stereocenters. The number of para-hydroxylation sites is 2. The molecule has 0 bridgehead atoms. The summed E-state index contributed by atoms with van der Waals surface area (Å²) in [6.45, 7) is 4.74. The number of fused-ring (bicyclic) bond motifs is 5. The first-order valence-corrected chi connectivity index (χ1v) is 17.4. The molecule has 0 fully saturated rings. The third-order valence-corrected chi connectivity index (χ3v) is 11.4. The first-order chi connectivity index (χ1) is 23.1. The fourth-order valence-corrected chi connectivity index (χ4v) is 9.15. The molecule has 1 aromatic heterocycles. The minimum Gasteiger partial charge on any atom is -0.310 e. The first-order valence-electron chi connectivity index (χ1n) is 16.5. The van der Waals surface area contributed by atoms with Gasteiger partial charge in [-0.15, -0.1) is 11.3 Å². The minimum absolute atomic E-state index is 0.0321. The largest absolute Gasteiger partial charge is 0.310 e. The Morgan fingerprint density at radius 2 is 1.30 bits per heavy atom. The Morgan fingerprint density at radius 3 is 2.17 bits per heavy atom. The predicted octanol–water partition coefficient (Wildman–Crippen LogP) is 13.0. The van der Waals surface area contributed by atoms with Gasteiger partial charge in [0.15, 0.2) is 0 Å². The first kappa shape index (κ1) is 28.1. The number of hydrogen-bond donors (Lipinski definition) is 0. The van der Waals surface area contributed by atoms with Crippen LogP contribution in [0.4, 0.5) is 17.1 Å². The number of hydrogen-bond acceptors (Lipinski definition) is 2. The maximum absolute atomic E-state index is 2.45. The molecule has 226 valence electrons. The number of thiophene rings is 1. The van der Waals surface area contributed by atoms with Crippen molar-refractivity contribution in [1.29, 1.82) is 0 Å². The van der Waals surface area contributed by atoms with E-state index < -0.39 is 0 Å². The normalized spacial score (nSPS) is 16.4. The van der Waals surface area contributed by atoms with Gasteiger partial charge in [-0.25, -0.2) is 0 Å². The van der Waals surface area contributed by atoms with Gasteiger partial charge in [0.25, 0.3) is 0 Å². The lowest BCUT2D eigenvalue weighted by Crippen LogP contribution is -2.17. The second-order valence-electron chi connectivity index (χ2n) is 13.3. The maximum Gasteiger partial charge on any atom is 0.0499 e. The van der Waals surface area contributed by atoms with Gasteiger partial charge in [0.1, 0.15) is 0 Å². The van der Waals surface area contributed by atoms with Crippen LogP contribution in [0, 0.1) is 0 Å². The molecule has 9 rings (SSSR count). The molecule has 0 radical (unpaired) electrons. The molecule has 7 aromatic rings. The van der Waals surface area contributed by atoms with E-state index in [1.165, 1.54) is 64.8 Å². The number of allylic oxidation sites excluding steroid dienone is 4. The van der Waals surface area contributed by atoms with Crippen molar-refractivity contribution >= 4 is 54.1 Å². The molecule has 0 N–H and O–H groups in total. The lowest BCUT2D eigenvalue weighted by molar-refractivity contribution is 0.649. The molecule has 1 heterocycles. The molecule has 6 aromatic carbocycles. The Labute approximate surface area is 280 Å². The molecule has 0 saturated carbocycles. The van der Waals surface area contributed by atoms with E-state index in [4.69, 9.17) is 0 Å². The number of rotatable bonds is 5. The van der Waals surface area contributed by atoms with E-state index in [0.717, 1.165) is 17.8 Å². The summed E-state index contributed by atoms with van der Waals surface area (Å²) in [5.74, 6) is 0.280. The van der Waals surface area contributed by atoms with Crippen LogP contribution in [0.15, 0.2) is 163 Å². The van der Waals surface area contributed by atoms with Gasteiger partial charge < -0.3 is 4.90 Å². The molecule has 0 saturated heterocycles. The monoisotopic (exact) mass is 621 g/mol. The summed E-state index contributed by atoms with van der Waals surface area (Å²) in [5, 5.41) is 2.68. The Morgan fingerprint density at radius 1 is 0.617 bits per heavy atom. The highest BCUT2D eigenvalue weighted by Crippen LogP contribution is 2.53. The van der Waals surface area contributed by atoms with Crippen molar-refractivity contribution in [2.45, 2.75) is 31.6 Å². The minimum atomic E-state index is 0.0321. The van der Waals surface area contributed by atoms with Gasteiger partial charge >= 0.3 is 0 Å². The number of nitrogens with zero attached hydrogens (tertiary/aromatic N) is 1. The molecule has 1 unspecified atom stereocenters. The summed E-state index contributed by atoms with van der Waals surface area (Å²) in [4.78, 5) is 2.43. The average Bonchev–Trinajstić information content (AvgIpc) is 3.62. The summed E-state index contributed by atoms with van der Waals surface area (Å²) < 4.78 is 2.67. The summed E-state index contributed by atoms with van der Waals surface area (Å²) in [6.07, 6.45) is 5.86. The third-order valence-electron chi connectivity index (χ3n) is 10.3. The van der Waals surface area contributed by atoms with Crippen LogP contribution in [0.25, 0.3) is 36.9 Å². The van der Waals surface area contributed by atoms with E-state index in [9.17, 15) is 0 Å². The second kappa shape index (κ2) is 11.0. The third kappa shape index (κ3) is 4.51. The summed E-state index contributed by atoms with van der Waals surface area (Å²) >= 11 is 1.87. The second-order valence-corrected chi connectivity index (χ2v) is 14.4. The highest BCUT2D eigenvalue weighted by molar-refractivity contribution is 7.25. The van der Waals surface area contributed by atoms with Gasteiger partial charge in [-0.3, -0.25) is 0 Å². The molecule has 1 nitrogen and oxygen atoms in total. The van der Waals surface area contributed by atoms with E-state index in [0.29, 0.717) is 0 Å². The number of anilines is 3. The van der Waals surface area contributed by atoms with Crippen LogP contribution in [0.5, 0.6) is 0 Å². The molecule has 2 aliphatic rings. The highest BCUT2D eigenvalue weighted by atomic mass is 32.1. The molecule has 2 aliphatic carbocycles. The summed E-state index contributed by atoms with van der Waals surface area (Å²) in [7, 11) is 0. The fraction of sp³-hybridized carbons (Fsp3) is 0.111. The van der Waals surface area contributed by atoms with Crippen LogP contribution in [-0.4, -0.2) is 0 Å². The van der Waals surface area contributed by atoms with Crippen LogP contribution < -0.4 is 4.90 Å². The van der Waals surface area contributed by atoms with Crippen molar-refractivity contribution in [3.63, 3.8) is 0 Å². The number of benzene rings is 6. The Hall–Kier alpha value is -5.18. The van der Waals surface area contributed by atoms with Crippen molar-refractivity contribution in [1.82, 2.24) is 0 Å².